The molecule has 6 heteroatoms. The zero-order chi connectivity index (χ0) is 14.2. The van der Waals surface area contributed by atoms with Crippen molar-refractivity contribution in [2.45, 2.75) is 23.8 Å². The zero-order valence-corrected chi connectivity index (χ0v) is 11.5. The molecule has 102 valence electrons. The van der Waals surface area contributed by atoms with Crippen LogP contribution in [-0.4, -0.2) is 30.3 Å². The van der Waals surface area contributed by atoms with Crippen LogP contribution in [0.15, 0.2) is 41.4 Å². The van der Waals surface area contributed by atoms with Crippen LogP contribution in [0.25, 0.3) is 10.9 Å². The fraction of sp³-hybridized carbons (Fsp3) is 0.286. The van der Waals surface area contributed by atoms with E-state index in [2.05, 4.69) is 11.1 Å². The molecule has 1 atom stereocenters. The van der Waals surface area contributed by atoms with E-state index >= 15 is 0 Å². The fourth-order valence-corrected chi connectivity index (χ4v) is 4.39. The number of benzene rings is 1. The largest absolute Gasteiger partial charge is 0.256 e. The molecule has 0 N–H and O–H groups in total. The van der Waals surface area contributed by atoms with Crippen LogP contribution in [0, 0.1) is 11.3 Å². The van der Waals surface area contributed by atoms with Crippen molar-refractivity contribution in [3.8, 4) is 6.07 Å². The molecule has 1 aliphatic heterocycles. The van der Waals surface area contributed by atoms with Crippen LogP contribution in [0.3, 0.4) is 0 Å². The molecule has 0 amide bonds. The van der Waals surface area contributed by atoms with Gasteiger partial charge in [0.05, 0.1) is 16.5 Å². The van der Waals surface area contributed by atoms with Gasteiger partial charge in [0.15, 0.2) is 0 Å². The lowest BCUT2D eigenvalue weighted by Gasteiger charge is -2.20. The van der Waals surface area contributed by atoms with Crippen molar-refractivity contribution in [2.75, 3.05) is 6.54 Å². The zero-order valence-electron chi connectivity index (χ0n) is 10.7. The van der Waals surface area contributed by atoms with Crippen molar-refractivity contribution >= 4 is 20.9 Å². The molecule has 0 saturated carbocycles. The molecule has 3 rings (SSSR count). The SMILES string of the molecule is N#CC1CCCN1S(=O)(=O)c1cccc2ncccc12. The molecule has 0 bridgehead atoms. The number of aromatic nitrogens is 1. The first-order valence-electron chi connectivity index (χ1n) is 6.40. The Morgan fingerprint density at radius 2 is 2.15 bits per heavy atom. The Kier molecular flexibility index (Phi) is 3.16. The Morgan fingerprint density at radius 3 is 2.95 bits per heavy atom. The lowest BCUT2D eigenvalue weighted by atomic mass is 10.2. The van der Waals surface area contributed by atoms with Gasteiger partial charge in [0, 0.05) is 18.1 Å². The minimum Gasteiger partial charge on any atom is -0.256 e. The average molecular weight is 287 g/mol. The van der Waals surface area contributed by atoms with E-state index in [4.69, 9.17) is 5.26 Å². The Balaban J connectivity index is 2.18. The third-order valence-electron chi connectivity index (χ3n) is 3.55. The molecule has 0 radical (unpaired) electrons. The molecule has 2 aromatic rings. The molecule has 2 heterocycles. The third kappa shape index (κ3) is 1.96. The quantitative estimate of drug-likeness (QED) is 0.845. The highest BCUT2D eigenvalue weighted by molar-refractivity contribution is 7.89. The molecule has 1 aromatic heterocycles. The van der Waals surface area contributed by atoms with Gasteiger partial charge in [-0.3, -0.25) is 4.98 Å². The number of hydrogen-bond donors (Lipinski definition) is 0. The summed E-state index contributed by atoms with van der Waals surface area (Å²) >= 11 is 0. The number of nitriles is 1. The third-order valence-corrected chi connectivity index (χ3v) is 5.51. The van der Waals surface area contributed by atoms with Gasteiger partial charge in [-0.2, -0.15) is 9.57 Å². The standard InChI is InChI=1S/C14H13N3O2S/c15-10-11-4-3-9-17(11)20(18,19)14-7-1-6-13-12(14)5-2-8-16-13/h1-2,5-8,11H,3-4,9H2. The van der Waals surface area contributed by atoms with E-state index in [9.17, 15) is 8.42 Å². The second-order valence-corrected chi connectivity index (χ2v) is 6.59. The van der Waals surface area contributed by atoms with Crippen molar-refractivity contribution in [2.24, 2.45) is 0 Å². The van der Waals surface area contributed by atoms with E-state index in [-0.39, 0.29) is 4.90 Å². The summed E-state index contributed by atoms with van der Waals surface area (Å²) in [7, 11) is -3.66. The molecule has 1 unspecified atom stereocenters. The Labute approximate surface area is 117 Å². The molecule has 5 nitrogen and oxygen atoms in total. The first kappa shape index (κ1) is 13.0. The van der Waals surface area contributed by atoms with Gasteiger partial charge in [-0.25, -0.2) is 8.42 Å². The van der Waals surface area contributed by atoms with E-state index < -0.39 is 16.1 Å². The van der Waals surface area contributed by atoms with Gasteiger partial charge in [-0.05, 0) is 37.1 Å². The predicted molar refractivity (Wildman–Crippen MR) is 74.3 cm³/mol. The monoisotopic (exact) mass is 287 g/mol. The lowest BCUT2D eigenvalue weighted by Crippen LogP contribution is -2.34. The maximum absolute atomic E-state index is 12.8. The van der Waals surface area contributed by atoms with Crippen LogP contribution >= 0.6 is 0 Å². The molecular weight excluding hydrogens is 274 g/mol. The molecule has 1 fully saturated rings. The summed E-state index contributed by atoms with van der Waals surface area (Å²) in [6, 6.07) is 10.00. The van der Waals surface area contributed by atoms with Crippen LogP contribution in [0.1, 0.15) is 12.8 Å². The second kappa shape index (κ2) is 4.85. The summed E-state index contributed by atoms with van der Waals surface area (Å²) in [5, 5.41) is 9.69. The molecule has 20 heavy (non-hydrogen) atoms. The van der Waals surface area contributed by atoms with Gasteiger partial charge in [0.1, 0.15) is 6.04 Å². The van der Waals surface area contributed by atoms with Gasteiger partial charge in [0.25, 0.3) is 0 Å². The van der Waals surface area contributed by atoms with Crippen LogP contribution in [0.2, 0.25) is 0 Å². The molecule has 0 aliphatic carbocycles. The van der Waals surface area contributed by atoms with Crippen LogP contribution < -0.4 is 0 Å². The topological polar surface area (TPSA) is 74.1 Å². The smallest absolute Gasteiger partial charge is 0.244 e. The van der Waals surface area contributed by atoms with E-state index in [1.54, 1.807) is 36.5 Å². The van der Waals surface area contributed by atoms with Crippen molar-refractivity contribution in [1.82, 2.24) is 9.29 Å². The Bertz CT molecular complexity index is 790. The van der Waals surface area contributed by atoms with Crippen LogP contribution in [0.5, 0.6) is 0 Å². The van der Waals surface area contributed by atoms with Crippen LogP contribution in [0.4, 0.5) is 0 Å². The first-order chi connectivity index (χ1) is 9.64. The van der Waals surface area contributed by atoms with E-state index in [1.807, 2.05) is 0 Å². The lowest BCUT2D eigenvalue weighted by molar-refractivity contribution is 0.438. The number of sulfonamides is 1. The number of rotatable bonds is 2. The van der Waals surface area contributed by atoms with Crippen LogP contribution in [-0.2, 0) is 10.0 Å². The van der Waals surface area contributed by atoms with Gasteiger partial charge < -0.3 is 0 Å². The highest BCUT2D eigenvalue weighted by atomic mass is 32.2. The van der Waals surface area contributed by atoms with E-state index in [1.165, 1.54) is 4.31 Å². The van der Waals surface area contributed by atoms with E-state index in [0.717, 1.165) is 6.42 Å². The fourth-order valence-electron chi connectivity index (χ4n) is 2.58. The predicted octanol–water partition coefficient (Wildman–Crippen LogP) is 1.91. The Morgan fingerprint density at radius 1 is 1.30 bits per heavy atom. The molecule has 1 aliphatic rings. The summed E-state index contributed by atoms with van der Waals surface area (Å²) in [5.41, 5.74) is 0.640. The second-order valence-electron chi connectivity index (χ2n) is 4.73. The van der Waals surface area contributed by atoms with Crippen molar-refractivity contribution in [3.05, 3.63) is 36.5 Å². The number of nitrogens with zero attached hydrogens (tertiary/aromatic N) is 3. The normalized spacial score (nSPS) is 20.1. The van der Waals surface area contributed by atoms with Crippen molar-refractivity contribution < 1.29 is 8.42 Å². The van der Waals surface area contributed by atoms with Gasteiger partial charge >= 0.3 is 0 Å². The highest BCUT2D eigenvalue weighted by Crippen LogP contribution is 2.29. The maximum atomic E-state index is 12.8. The molecular formula is C14H13N3O2S. The van der Waals surface area contributed by atoms with Gasteiger partial charge in [-0.1, -0.05) is 6.07 Å². The van der Waals surface area contributed by atoms with Gasteiger partial charge in [-0.15, -0.1) is 0 Å². The minimum atomic E-state index is -3.66. The Hall–Kier alpha value is -1.97. The number of pyridine rings is 1. The van der Waals surface area contributed by atoms with E-state index in [0.29, 0.717) is 23.9 Å². The van der Waals surface area contributed by atoms with Crippen molar-refractivity contribution in [1.29, 1.82) is 5.26 Å². The summed E-state index contributed by atoms with van der Waals surface area (Å²) in [4.78, 5) is 4.40. The summed E-state index contributed by atoms with van der Waals surface area (Å²) in [6.07, 6.45) is 2.95. The van der Waals surface area contributed by atoms with Crippen molar-refractivity contribution in [3.63, 3.8) is 0 Å². The van der Waals surface area contributed by atoms with Gasteiger partial charge in [0.2, 0.25) is 10.0 Å². The number of fused-ring (bicyclic) bond motifs is 1. The highest BCUT2D eigenvalue weighted by Gasteiger charge is 2.36. The number of hydrogen-bond acceptors (Lipinski definition) is 4. The summed E-state index contributed by atoms with van der Waals surface area (Å²) in [5.74, 6) is 0. The molecule has 1 aromatic carbocycles. The first-order valence-corrected chi connectivity index (χ1v) is 7.84. The minimum absolute atomic E-state index is 0.227. The molecule has 1 saturated heterocycles. The summed E-state index contributed by atoms with van der Waals surface area (Å²) in [6.45, 7) is 0.400. The summed E-state index contributed by atoms with van der Waals surface area (Å²) < 4.78 is 26.8. The molecule has 0 spiro atoms. The average Bonchev–Trinajstić information content (AvgIpc) is 2.96. The maximum Gasteiger partial charge on any atom is 0.244 e.